The maximum absolute atomic E-state index is 11.5. The topological polar surface area (TPSA) is 67.4 Å². The first-order chi connectivity index (χ1) is 9.62. The molecule has 7 heteroatoms. The molecule has 0 amide bonds. The number of nitrogens with one attached hydrogen (secondary N) is 2. The van der Waals surface area contributed by atoms with Crippen LogP contribution in [0.5, 0.6) is 0 Å². The van der Waals surface area contributed by atoms with E-state index in [1.165, 1.54) is 18.2 Å². The van der Waals surface area contributed by atoms with E-state index in [-0.39, 0.29) is 5.08 Å². The highest BCUT2D eigenvalue weighted by molar-refractivity contribution is 8.13. The number of hydrogen-bond donors (Lipinski definition) is 2. The largest absolute Gasteiger partial charge is 0.385 e. The molecule has 110 valence electrons. The second kappa shape index (κ2) is 5.83. The van der Waals surface area contributed by atoms with Gasteiger partial charge in [-0.2, -0.15) is 0 Å². The molecule has 0 bridgehead atoms. The highest BCUT2D eigenvalue weighted by Gasteiger charge is 2.21. The minimum absolute atomic E-state index is 0.0833. The van der Waals surface area contributed by atoms with E-state index in [0.29, 0.717) is 11.6 Å². The first kappa shape index (κ1) is 14.0. The first-order valence-corrected chi connectivity index (χ1v) is 9.35. The Morgan fingerprint density at radius 3 is 3.15 bits per heavy atom. The van der Waals surface area contributed by atoms with Gasteiger partial charge in [-0.3, -0.25) is 4.72 Å². The highest BCUT2D eigenvalue weighted by Crippen LogP contribution is 2.35. The van der Waals surface area contributed by atoms with E-state index < -0.39 is 10.0 Å². The van der Waals surface area contributed by atoms with Crippen molar-refractivity contribution in [2.75, 3.05) is 34.9 Å². The molecule has 0 saturated carbocycles. The maximum Gasteiger partial charge on any atom is 0.242 e. The molecule has 1 saturated heterocycles. The van der Waals surface area contributed by atoms with E-state index in [1.807, 2.05) is 18.2 Å². The molecule has 5 nitrogen and oxygen atoms in total. The molecule has 2 aliphatic heterocycles. The Labute approximate surface area is 123 Å². The Hall–Kier alpha value is -0.920. The third-order valence-corrected chi connectivity index (χ3v) is 6.36. The van der Waals surface area contributed by atoms with Crippen LogP contribution in [0.15, 0.2) is 23.1 Å². The number of thioether (sulfide) groups is 1. The van der Waals surface area contributed by atoms with Crippen LogP contribution in [0.4, 0.5) is 11.4 Å². The van der Waals surface area contributed by atoms with Gasteiger partial charge < -0.3 is 10.1 Å². The normalized spacial score (nSPS) is 24.5. The lowest BCUT2D eigenvalue weighted by Crippen LogP contribution is -2.24. The van der Waals surface area contributed by atoms with Crippen LogP contribution in [0.3, 0.4) is 0 Å². The summed E-state index contributed by atoms with van der Waals surface area (Å²) in [5.74, 6) is 0.561. The fourth-order valence-electron chi connectivity index (χ4n) is 2.40. The number of benzene rings is 1. The zero-order valence-electron chi connectivity index (χ0n) is 11.1. The third kappa shape index (κ3) is 3.39. The van der Waals surface area contributed by atoms with Crippen molar-refractivity contribution < 1.29 is 13.2 Å². The van der Waals surface area contributed by atoms with E-state index in [4.69, 9.17) is 4.74 Å². The average Bonchev–Trinajstić information content (AvgIpc) is 2.45. The van der Waals surface area contributed by atoms with Gasteiger partial charge in [0.15, 0.2) is 0 Å². The predicted octanol–water partition coefficient (Wildman–Crippen LogP) is 2.33. The molecule has 1 aromatic rings. The molecule has 1 unspecified atom stereocenters. The predicted molar refractivity (Wildman–Crippen MR) is 81.7 cm³/mol. The zero-order valence-corrected chi connectivity index (χ0v) is 12.7. The Kier molecular flexibility index (Phi) is 4.09. The quantitative estimate of drug-likeness (QED) is 0.896. The van der Waals surface area contributed by atoms with Crippen LogP contribution in [0.2, 0.25) is 0 Å². The van der Waals surface area contributed by atoms with Crippen molar-refractivity contribution in [1.82, 2.24) is 0 Å². The number of ether oxygens (including phenoxy) is 1. The Bertz CT molecular complexity index is 583. The SMILES string of the molecule is O=S1(=O)CSc2cc(NCC3CCCOC3)ccc2N1. The number of rotatable bonds is 3. The van der Waals surface area contributed by atoms with Gasteiger partial charge in [-0.15, -0.1) is 11.8 Å². The Morgan fingerprint density at radius 1 is 1.45 bits per heavy atom. The summed E-state index contributed by atoms with van der Waals surface area (Å²) in [6.45, 7) is 2.60. The summed E-state index contributed by atoms with van der Waals surface area (Å²) < 4.78 is 31.0. The van der Waals surface area contributed by atoms with E-state index in [1.54, 1.807) is 0 Å². The summed E-state index contributed by atoms with van der Waals surface area (Å²) in [5, 5.41) is 3.50. The molecule has 20 heavy (non-hydrogen) atoms. The van der Waals surface area contributed by atoms with Gasteiger partial charge in [-0.1, -0.05) is 0 Å². The van der Waals surface area contributed by atoms with E-state index in [9.17, 15) is 8.42 Å². The minimum Gasteiger partial charge on any atom is -0.385 e. The lowest BCUT2D eigenvalue weighted by Gasteiger charge is -2.23. The van der Waals surface area contributed by atoms with Gasteiger partial charge in [-0.05, 0) is 37.0 Å². The van der Waals surface area contributed by atoms with Crippen LogP contribution in [-0.2, 0) is 14.8 Å². The van der Waals surface area contributed by atoms with Gasteiger partial charge >= 0.3 is 0 Å². The molecule has 1 atom stereocenters. The fourth-order valence-corrected chi connectivity index (χ4v) is 4.83. The van der Waals surface area contributed by atoms with Gasteiger partial charge in [-0.25, -0.2) is 8.42 Å². The molecule has 0 aromatic heterocycles. The molecule has 3 rings (SSSR count). The van der Waals surface area contributed by atoms with Crippen molar-refractivity contribution in [3.8, 4) is 0 Å². The smallest absolute Gasteiger partial charge is 0.242 e. The van der Waals surface area contributed by atoms with Gasteiger partial charge in [0.25, 0.3) is 0 Å². The second-order valence-corrected chi connectivity index (χ2v) is 8.26. The van der Waals surface area contributed by atoms with Crippen LogP contribution in [0.1, 0.15) is 12.8 Å². The average molecular weight is 314 g/mol. The zero-order chi connectivity index (χ0) is 14.0. The summed E-state index contributed by atoms with van der Waals surface area (Å²) in [7, 11) is -3.16. The standard InChI is InChI=1S/C13H18N2O3S2/c16-20(17)9-19-13-6-11(3-4-12(13)15-20)14-7-10-2-1-5-18-8-10/h3-4,6,10,14-15H,1-2,5,7-9H2. The molecule has 1 fully saturated rings. The monoisotopic (exact) mass is 314 g/mol. The molecule has 0 aliphatic carbocycles. The third-order valence-electron chi connectivity index (χ3n) is 3.47. The fraction of sp³-hybridized carbons (Fsp3) is 0.538. The van der Waals surface area contributed by atoms with Gasteiger partial charge in [0, 0.05) is 23.7 Å². The van der Waals surface area contributed by atoms with Crippen molar-refractivity contribution in [1.29, 1.82) is 0 Å². The van der Waals surface area contributed by atoms with E-state index >= 15 is 0 Å². The van der Waals surface area contributed by atoms with Crippen LogP contribution in [0, 0.1) is 5.92 Å². The van der Waals surface area contributed by atoms with Gasteiger partial charge in [0.1, 0.15) is 5.08 Å². The maximum atomic E-state index is 11.5. The Morgan fingerprint density at radius 2 is 2.35 bits per heavy atom. The molecule has 2 N–H and O–H groups in total. The molecule has 2 aliphatic rings. The van der Waals surface area contributed by atoms with Gasteiger partial charge in [0.05, 0.1) is 12.3 Å². The molecule has 2 heterocycles. The molecular formula is C13H18N2O3S2. The van der Waals surface area contributed by atoms with Crippen molar-refractivity contribution in [3.05, 3.63) is 18.2 Å². The van der Waals surface area contributed by atoms with Crippen LogP contribution in [0.25, 0.3) is 0 Å². The molecule has 0 radical (unpaired) electrons. The van der Waals surface area contributed by atoms with Crippen molar-refractivity contribution in [3.63, 3.8) is 0 Å². The lowest BCUT2D eigenvalue weighted by atomic mass is 10.0. The molecule has 0 spiro atoms. The highest BCUT2D eigenvalue weighted by atomic mass is 32.3. The summed E-state index contributed by atoms with van der Waals surface area (Å²) in [4.78, 5) is 0.977. The lowest BCUT2D eigenvalue weighted by molar-refractivity contribution is 0.0595. The Balaban J connectivity index is 1.64. The number of anilines is 2. The van der Waals surface area contributed by atoms with Crippen molar-refractivity contribution in [2.24, 2.45) is 5.92 Å². The van der Waals surface area contributed by atoms with E-state index in [0.717, 1.165) is 36.8 Å². The number of sulfonamides is 1. The summed E-state index contributed by atoms with van der Waals surface area (Å²) in [6, 6.07) is 5.74. The second-order valence-electron chi connectivity index (χ2n) is 5.15. The van der Waals surface area contributed by atoms with Gasteiger partial charge in [0.2, 0.25) is 10.0 Å². The van der Waals surface area contributed by atoms with Crippen molar-refractivity contribution in [2.45, 2.75) is 17.7 Å². The van der Waals surface area contributed by atoms with Crippen molar-refractivity contribution >= 4 is 33.2 Å². The van der Waals surface area contributed by atoms with Crippen LogP contribution < -0.4 is 10.0 Å². The van der Waals surface area contributed by atoms with E-state index in [2.05, 4.69) is 10.0 Å². The molecular weight excluding hydrogens is 296 g/mol. The molecule has 1 aromatic carbocycles. The summed E-state index contributed by atoms with van der Waals surface area (Å²) >= 11 is 1.36. The van der Waals surface area contributed by atoms with Crippen LogP contribution in [-0.4, -0.2) is 33.3 Å². The minimum atomic E-state index is -3.16. The number of fused-ring (bicyclic) bond motifs is 1. The summed E-state index contributed by atoms with van der Waals surface area (Å²) in [5.41, 5.74) is 1.70. The number of hydrogen-bond acceptors (Lipinski definition) is 5. The van der Waals surface area contributed by atoms with Crippen LogP contribution >= 0.6 is 11.8 Å². The first-order valence-electron chi connectivity index (χ1n) is 6.71. The summed E-state index contributed by atoms with van der Waals surface area (Å²) in [6.07, 6.45) is 2.33.